The molecule has 0 radical (unpaired) electrons. The summed E-state index contributed by atoms with van der Waals surface area (Å²) >= 11 is 0. The van der Waals surface area contributed by atoms with Gasteiger partial charge in [0.05, 0.1) is 0 Å². The summed E-state index contributed by atoms with van der Waals surface area (Å²) in [5, 5.41) is 0. The lowest BCUT2D eigenvalue weighted by Crippen LogP contribution is -2.58. The Morgan fingerprint density at radius 2 is 1.66 bits per heavy atom. The lowest BCUT2D eigenvalue weighted by atomic mass is 9.78. The van der Waals surface area contributed by atoms with Crippen LogP contribution in [0.2, 0.25) is 0 Å². The van der Waals surface area contributed by atoms with Crippen LogP contribution in [0, 0.1) is 13.8 Å². The maximum Gasteiger partial charge on any atom is 0.248 e. The molecule has 0 aliphatic carbocycles. The number of primary amides is 1. The summed E-state index contributed by atoms with van der Waals surface area (Å²) in [4.78, 5) is 32.6. The van der Waals surface area contributed by atoms with Crippen LogP contribution in [-0.4, -0.2) is 32.4 Å². The van der Waals surface area contributed by atoms with Gasteiger partial charge in [-0.15, -0.1) is 0 Å². The number of nitrogens with two attached hydrogens (primary N) is 1. The molecule has 1 aromatic carbocycles. The number of nitrogens with zero attached hydrogens (tertiary/aromatic N) is 5. The molecule has 0 spiro atoms. The van der Waals surface area contributed by atoms with Crippen LogP contribution >= 0.6 is 0 Å². The number of hydrogen-bond donors (Lipinski definition) is 1. The summed E-state index contributed by atoms with van der Waals surface area (Å²) in [5.74, 6) is 0.752. The molecular formula is C22H24N6O. The molecule has 1 aliphatic heterocycles. The molecule has 1 amide bonds. The number of carbonyl (C=O) groups is 1. The second-order valence-corrected chi connectivity index (χ2v) is 7.42. The highest BCUT2D eigenvalue weighted by Gasteiger charge is 2.47. The summed E-state index contributed by atoms with van der Waals surface area (Å²) in [6, 6.07) is 7.60. The van der Waals surface area contributed by atoms with Crippen molar-refractivity contribution in [1.82, 2.24) is 19.9 Å². The lowest BCUT2D eigenvalue weighted by molar-refractivity contribution is -0.124. The van der Waals surface area contributed by atoms with Crippen LogP contribution in [0.25, 0.3) is 11.4 Å². The third-order valence-electron chi connectivity index (χ3n) is 5.78. The van der Waals surface area contributed by atoms with Crippen LogP contribution in [0.3, 0.4) is 0 Å². The molecule has 1 saturated heterocycles. The Morgan fingerprint density at radius 1 is 1.00 bits per heavy atom. The fraction of sp³-hybridized carbons (Fsp3) is 0.318. The van der Waals surface area contributed by atoms with Gasteiger partial charge in [0.2, 0.25) is 11.9 Å². The molecular weight excluding hydrogens is 364 g/mol. The molecule has 3 aromatic rings. The van der Waals surface area contributed by atoms with Crippen LogP contribution in [0.15, 0.2) is 49.1 Å². The lowest BCUT2D eigenvalue weighted by Gasteiger charge is -2.45. The smallest absolute Gasteiger partial charge is 0.248 e. The van der Waals surface area contributed by atoms with Gasteiger partial charge in [-0.05, 0) is 68.0 Å². The number of carbonyl (C=O) groups excluding carboxylic acids is 1. The molecule has 4 rings (SSSR count). The van der Waals surface area contributed by atoms with E-state index < -0.39 is 11.4 Å². The van der Waals surface area contributed by atoms with Crippen LogP contribution in [-0.2, 0) is 10.3 Å². The van der Waals surface area contributed by atoms with E-state index in [0.717, 1.165) is 35.1 Å². The summed E-state index contributed by atoms with van der Waals surface area (Å²) in [6.07, 6.45) is 9.27. The summed E-state index contributed by atoms with van der Waals surface area (Å²) in [7, 11) is 0. The second kappa shape index (κ2) is 7.58. The van der Waals surface area contributed by atoms with Crippen molar-refractivity contribution < 1.29 is 4.79 Å². The fourth-order valence-corrected chi connectivity index (χ4v) is 4.15. The average molecular weight is 388 g/mol. The Kier molecular flexibility index (Phi) is 4.96. The van der Waals surface area contributed by atoms with E-state index in [1.165, 1.54) is 0 Å². The number of rotatable bonds is 4. The predicted molar refractivity (Wildman–Crippen MR) is 111 cm³/mol. The topological polar surface area (TPSA) is 97.9 Å². The van der Waals surface area contributed by atoms with Crippen molar-refractivity contribution in [2.45, 2.75) is 38.6 Å². The first-order valence-corrected chi connectivity index (χ1v) is 9.78. The molecule has 1 unspecified atom stereocenters. The third kappa shape index (κ3) is 3.22. The quantitative estimate of drug-likeness (QED) is 0.738. The summed E-state index contributed by atoms with van der Waals surface area (Å²) < 4.78 is 0. The van der Waals surface area contributed by atoms with Crippen LogP contribution in [0.4, 0.5) is 5.95 Å². The van der Waals surface area contributed by atoms with E-state index in [4.69, 9.17) is 5.73 Å². The molecule has 0 saturated carbocycles. The molecule has 1 atom stereocenters. The standard InChI is InChI=1S/C22H24N6O/c1-15-13-17(14-18(16(15)2)19-24-8-5-9-25-19)22(20(23)29)7-3-4-12-28(22)21-26-10-6-11-27-21/h5-6,8-11,13-14H,3-4,7,12H2,1-2H3,(H2,23,29). The average Bonchev–Trinajstić information content (AvgIpc) is 2.76. The zero-order valence-electron chi connectivity index (χ0n) is 16.7. The van der Waals surface area contributed by atoms with Crippen molar-refractivity contribution in [2.75, 3.05) is 11.4 Å². The third-order valence-corrected chi connectivity index (χ3v) is 5.78. The van der Waals surface area contributed by atoms with Gasteiger partial charge in [0.15, 0.2) is 5.82 Å². The van der Waals surface area contributed by atoms with E-state index >= 15 is 0 Å². The number of benzene rings is 1. The second-order valence-electron chi connectivity index (χ2n) is 7.42. The Balaban J connectivity index is 1.94. The molecule has 1 aliphatic rings. The minimum atomic E-state index is -1.01. The highest BCUT2D eigenvalue weighted by Crippen LogP contribution is 2.41. The Labute approximate surface area is 170 Å². The van der Waals surface area contributed by atoms with Gasteiger partial charge in [0, 0.05) is 36.9 Å². The molecule has 0 bridgehead atoms. The SMILES string of the molecule is Cc1cc(C2(C(N)=O)CCCCN2c2ncccn2)cc(-c2ncccn2)c1C. The molecule has 1 fully saturated rings. The van der Waals surface area contributed by atoms with Crippen LogP contribution < -0.4 is 10.6 Å². The molecule has 29 heavy (non-hydrogen) atoms. The highest BCUT2D eigenvalue weighted by molar-refractivity contribution is 5.90. The van der Waals surface area contributed by atoms with E-state index in [-0.39, 0.29) is 0 Å². The molecule has 2 N–H and O–H groups in total. The van der Waals surface area contributed by atoms with Gasteiger partial charge in [-0.25, -0.2) is 19.9 Å². The number of hydrogen-bond acceptors (Lipinski definition) is 6. The number of aryl methyl sites for hydroxylation is 1. The van der Waals surface area contributed by atoms with Crippen molar-refractivity contribution in [3.63, 3.8) is 0 Å². The van der Waals surface area contributed by atoms with Crippen LogP contribution in [0.1, 0.15) is 36.0 Å². The molecule has 7 nitrogen and oxygen atoms in total. The Bertz CT molecular complexity index is 1020. The van der Waals surface area contributed by atoms with Crippen molar-refractivity contribution in [2.24, 2.45) is 5.73 Å². The van der Waals surface area contributed by atoms with E-state index in [0.29, 0.717) is 24.7 Å². The number of anilines is 1. The summed E-state index contributed by atoms with van der Waals surface area (Å²) in [5.41, 5.74) is 8.94. The van der Waals surface area contributed by atoms with Crippen molar-refractivity contribution in [3.8, 4) is 11.4 Å². The van der Waals surface area contributed by atoms with Gasteiger partial charge in [-0.2, -0.15) is 0 Å². The maximum absolute atomic E-state index is 13.0. The zero-order chi connectivity index (χ0) is 20.4. The van der Waals surface area contributed by atoms with Crippen molar-refractivity contribution >= 4 is 11.9 Å². The minimum absolute atomic E-state index is 0.396. The minimum Gasteiger partial charge on any atom is -0.367 e. The first-order chi connectivity index (χ1) is 14.0. The zero-order valence-corrected chi connectivity index (χ0v) is 16.7. The predicted octanol–water partition coefficient (Wildman–Crippen LogP) is 2.92. The Hall–Kier alpha value is -3.35. The maximum atomic E-state index is 13.0. The first kappa shape index (κ1) is 19.0. The Morgan fingerprint density at radius 3 is 2.31 bits per heavy atom. The van der Waals surface area contributed by atoms with Gasteiger partial charge in [0.25, 0.3) is 0 Å². The van der Waals surface area contributed by atoms with Crippen LogP contribution in [0.5, 0.6) is 0 Å². The molecule has 7 heteroatoms. The number of amides is 1. The van der Waals surface area contributed by atoms with E-state index in [2.05, 4.69) is 19.9 Å². The number of piperidine rings is 1. The van der Waals surface area contributed by atoms with Gasteiger partial charge in [-0.1, -0.05) is 6.07 Å². The first-order valence-electron chi connectivity index (χ1n) is 9.78. The van der Waals surface area contributed by atoms with Crippen molar-refractivity contribution in [1.29, 1.82) is 0 Å². The van der Waals surface area contributed by atoms with Crippen molar-refractivity contribution in [3.05, 3.63) is 65.7 Å². The highest BCUT2D eigenvalue weighted by atomic mass is 16.1. The fourth-order valence-electron chi connectivity index (χ4n) is 4.15. The molecule has 2 aromatic heterocycles. The van der Waals surface area contributed by atoms with Gasteiger partial charge < -0.3 is 10.6 Å². The molecule has 148 valence electrons. The summed E-state index contributed by atoms with van der Waals surface area (Å²) in [6.45, 7) is 4.74. The van der Waals surface area contributed by atoms with Gasteiger partial charge in [-0.3, -0.25) is 4.79 Å². The monoisotopic (exact) mass is 388 g/mol. The van der Waals surface area contributed by atoms with E-state index in [1.54, 1.807) is 36.9 Å². The number of aromatic nitrogens is 4. The van der Waals surface area contributed by atoms with E-state index in [9.17, 15) is 4.79 Å². The largest absolute Gasteiger partial charge is 0.367 e. The van der Waals surface area contributed by atoms with Gasteiger partial charge >= 0.3 is 0 Å². The normalized spacial score (nSPS) is 19.2. The van der Waals surface area contributed by atoms with E-state index in [1.807, 2.05) is 30.9 Å². The van der Waals surface area contributed by atoms with Gasteiger partial charge in [0.1, 0.15) is 5.54 Å². The molecule has 3 heterocycles.